The quantitative estimate of drug-likeness (QED) is 0.764. The molecule has 1 aliphatic rings. The monoisotopic (exact) mass is 305 g/mol. The molecular formula is C14H18F3NOS. The lowest BCUT2D eigenvalue weighted by Crippen LogP contribution is -2.27. The number of alkyl halides is 3. The van der Waals surface area contributed by atoms with Crippen LogP contribution in [0.4, 0.5) is 18.9 Å². The van der Waals surface area contributed by atoms with Gasteiger partial charge in [0.25, 0.3) is 0 Å². The first-order valence-corrected chi connectivity index (χ1v) is 7.52. The highest BCUT2D eigenvalue weighted by Gasteiger charge is 2.32. The smallest absolute Gasteiger partial charge is 0.383 e. The van der Waals surface area contributed by atoms with Gasteiger partial charge in [-0.15, -0.1) is 11.8 Å². The Morgan fingerprint density at radius 3 is 2.65 bits per heavy atom. The van der Waals surface area contributed by atoms with Gasteiger partial charge in [-0.05, 0) is 30.9 Å². The Bertz CT molecular complexity index is 435. The van der Waals surface area contributed by atoms with Crippen molar-refractivity contribution in [1.82, 2.24) is 0 Å². The van der Waals surface area contributed by atoms with Crippen LogP contribution in [0.25, 0.3) is 0 Å². The van der Waals surface area contributed by atoms with E-state index in [0.717, 1.165) is 30.3 Å². The lowest BCUT2D eigenvalue weighted by Gasteiger charge is -2.21. The molecule has 1 atom stereocenters. The van der Waals surface area contributed by atoms with Gasteiger partial charge >= 0.3 is 6.18 Å². The van der Waals surface area contributed by atoms with Crippen LogP contribution in [0.15, 0.2) is 29.2 Å². The summed E-state index contributed by atoms with van der Waals surface area (Å²) < 4.78 is 42.2. The molecule has 0 bridgehead atoms. The van der Waals surface area contributed by atoms with Crippen molar-refractivity contribution in [3.63, 3.8) is 0 Å². The van der Waals surface area contributed by atoms with Crippen molar-refractivity contribution >= 4 is 17.4 Å². The minimum absolute atomic E-state index is 0.174. The molecule has 112 valence electrons. The fourth-order valence-corrected chi connectivity index (χ4v) is 2.82. The minimum atomic E-state index is -4.15. The summed E-state index contributed by atoms with van der Waals surface area (Å²) in [6.07, 6.45) is -1.85. The molecule has 1 unspecified atom stereocenters. The van der Waals surface area contributed by atoms with Gasteiger partial charge in [0.1, 0.15) is 0 Å². The highest BCUT2D eigenvalue weighted by molar-refractivity contribution is 7.99. The number of rotatable bonds is 7. The van der Waals surface area contributed by atoms with E-state index in [1.807, 2.05) is 12.1 Å². The molecular weight excluding hydrogens is 287 g/mol. The summed E-state index contributed by atoms with van der Waals surface area (Å²) in [5, 5.41) is 3.33. The molecule has 0 amide bonds. The van der Waals surface area contributed by atoms with Gasteiger partial charge in [0.2, 0.25) is 0 Å². The largest absolute Gasteiger partial charge is 0.398 e. The number of nitrogens with one attached hydrogen (secondary N) is 1. The highest BCUT2D eigenvalue weighted by Crippen LogP contribution is 2.37. The van der Waals surface area contributed by atoms with E-state index in [4.69, 9.17) is 4.74 Å². The van der Waals surface area contributed by atoms with Crippen LogP contribution in [0.2, 0.25) is 0 Å². The van der Waals surface area contributed by atoms with Crippen molar-refractivity contribution in [3.05, 3.63) is 24.3 Å². The maximum Gasteiger partial charge on any atom is 0.398 e. The van der Waals surface area contributed by atoms with E-state index in [0.29, 0.717) is 17.4 Å². The van der Waals surface area contributed by atoms with E-state index >= 15 is 0 Å². The van der Waals surface area contributed by atoms with Gasteiger partial charge in [0.05, 0.1) is 18.4 Å². The number of benzene rings is 1. The average molecular weight is 305 g/mol. The lowest BCUT2D eigenvalue weighted by atomic mass is 10.2. The number of hydrogen-bond acceptors (Lipinski definition) is 3. The van der Waals surface area contributed by atoms with Crippen molar-refractivity contribution in [2.24, 2.45) is 5.92 Å². The Morgan fingerprint density at radius 1 is 1.35 bits per heavy atom. The number of halogens is 3. The van der Waals surface area contributed by atoms with Crippen molar-refractivity contribution in [2.45, 2.75) is 30.0 Å². The van der Waals surface area contributed by atoms with Crippen molar-refractivity contribution in [2.75, 3.05) is 24.8 Å². The second kappa shape index (κ2) is 6.72. The molecule has 1 fully saturated rings. The van der Waals surface area contributed by atoms with Crippen LogP contribution in [0.5, 0.6) is 0 Å². The average Bonchev–Trinajstić information content (AvgIpc) is 3.20. The first-order valence-electron chi connectivity index (χ1n) is 6.53. The number of para-hydroxylation sites is 1. The highest BCUT2D eigenvalue weighted by atomic mass is 32.2. The zero-order valence-corrected chi connectivity index (χ0v) is 12.1. The van der Waals surface area contributed by atoms with Gasteiger partial charge in [-0.1, -0.05) is 12.1 Å². The third kappa shape index (κ3) is 4.90. The van der Waals surface area contributed by atoms with Crippen LogP contribution < -0.4 is 5.32 Å². The second-order valence-electron chi connectivity index (χ2n) is 4.94. The van der Waals surface area contributed by atoms with Crippen molar-refractivity contribution in [1.29, 1.82) is 0 Å². The number of ether oxygens (including phenoxy) is 1. The molecule has 1 aromatic rings. The topological polar surface area (TPSA) is 21.3 Å². The fraction of sp³-hybridized carbons (Fsp3) is 0.571. The molecule has 2 rings (SSSR count). The van der Waals surface area contributed by atoms with Gasteiger partial charge in [-0.3, -0.25) is 0 Å². The second-order valence-corrected chi connectivity index (χ2v) is 5.96. The SMILES string of the molecule is COCC(Nc1ccccc1SCC(F)(F)F)C1CC1. The zero-order valence-electron chi connectivity index (χ0n) is 11.2. The molecule has 1 saturated carbocycles. The molecule has 0 aliphatic heterocycles. The Labute approximate surface area is 121 Å². The summed E-state index contributed by atoms with van der Waals surface area (Å²) in [6.45, 7) is 0.572. The van der Waals surface area contributed by atoms with Gasteiger partial charge in [-0.2, -0.15) is 13.2 Å². The Balaban J connectivity index is 2.02. The zero-order chi connectivity index (χ0) is 14.6. The van der Waals surface area contributed by atoms with E-state index in [1.54, 1.807) is 19.2 Å². The van der Waals surface area contributed by atoms with Crippen LogP contribution in [0, 0.1) is 5.92 Å². The van der Waals surface area contributed by atoms with E-state index in [9.17, 15) is 13.2 Å². The molecule has 1 N–H and O–H groups in total. The molecule has 0 saturated heterocycles. The normalized spacial score (nSPS) is 17.0. The molecule has 0 aromatic heterocycles. The Morgan fingerprint density at radius 2 is 2.05 bits per heavy atom. The predicted octanol–water partition coefficient (Wildman–Crippen LogP) is 4.18. The van der Waals surface area contributed by atoms with E-state index < -0.39 is 11.9 Å². The lowest BCUT2D eigenvalue weighted by molar-refractivity contribution is -0.105. The summed E-state index contributed by atoms with van der Waals surface area (Å²) in [5.41, 5.74) is 0.760. The first-order chi connectivity index (χ1) is 9.49. The molecule has 0 spiro atoms. The number of thioether (sulfide) groups is 1. The van der Waals surface area contributed by atoms with Gasteiger partial charge in [0.15, 0.2) is 0 Å². The van der Waals surface area contributed by atoms with Crippen LogP contribution >= 0.6 is 11.8 Å². The summed E-state index contributed by atoms with van der Waals surface area (Å²) in [6, 6.07) is 7.30. The Hall–Kier alpha value is -0.880. The number of hydrogen-bond donors (Lipinski definition) is 1. The van der Waals surface area contributed by atoms with Gasteiger partial charge < -0.3 is 10.1 Å². The number of methoxy groups -OCH3 is 1. The molecule has 0 radical (unpaired) electrons. The molecule has 20 heavy (non-hydrogen) atoms. The molecule has 2 nitrogen and oxygen atoms in total. The molecule has 1 aromatic carbocycles. The summed E-state index contributed by atoms with van der Waals surface area (Å²) in [5.74, 6) is -0.306. The maximum absolute atomic E-state index is 12.3. The van der Waals surface area contributed by atoms with Crippen molar-refractivity contribution in [3.8, 4) is 0 Å². The summed E-state index contributed by atoms with van der Waals surface area (Å²) >= 11 is 0.818. The third-order valence-corrected chi connectivity index (χ3v) is 4.30. The summed E-state index contributed by atoms with van der Waals surface area (Å²) in [7, 11) is 1.64. The van der Waals surface area contributed by atoms with E-state index in [2.05, 4.69) is 5.32 Å². The fourth-order valence-electron chi connectivity index (χ4n) is 2.04. The summed E-state index contributed by atoms with van der Waals surface area (Å²) in [4.78, 5) is 0.631. The van der Waals surface area contributed by atoms with Gasteiger partial charge in [0, 0.05) is 17.7 Å². The van der Waals surface area contributed by atoms with Gasteiger partial charge in [-0.25, -0.2) is 0 Å². The maximum atomic E-state index is 12.3. The molecule has 1 aliphatic carbocycles. The standard InChI is InChI=1S/C14H18F3NOS/c1-19-8-12(10-6-7-10)18-11-4-2-3-5-13(11)20-9-14(15,16)17/h2-5,10,12,18H,6-9H2,1H3. The van der Waals surface area contributed by atoms with Crippen LogP contribution in [-0.4, -0.2) is 31.7 Å². The molecule has 0 heterocycles. The van der Waals surface area contributed by atoms with Crippen molar-refractivity contribution < 1.29 is 17.9 Å². The molecule has 6 heteroatoms. The van der Waals surface area contributed by atoms with Crippen LogP contribution in [0.3, 0.4) is 0 Å². The third-order valence-electron chi connectivity index (χ3n) is 3.16. The number of anilines is 1. The Kier molecular flexibility index (Phi) is 5.21. The van der Waals surface area contributed by atoms with Crippen LogP contribution in [-0.2, 0) is 4.74 Å². The minimum Gasteiger partial charge on any atom is -0.383 e. The van der Waals surface area contributed by atoms with E-state index in [1.165, 1.54) is 0 Å². The van der Waals surface area contributed by atoms with E-state index in [-0.39, 0.29) is 6.04 Å². The van der Waals surface area contributed by atoms with Crippen LogP contribution in [0.1, 0.15) is 12.8 Å². The first kappa shape index (κ1) is 15.5. The predicted molar refractivity (Wildman–Crippen MR) is 75.2 cm³/mol.